The van der Waals surface area contributed by atoms with Crippen molar-refractivity contribution in [3.05, 3.63) is 65.4 Å². The van der Waals surface area contributed by atoms with Gasteiger partial charge in [-0.15, -0.1) is 0 Å². The number of benzene rings is 2. The first-order valence-electron chi connectivity index (χ1n) is 8.16. The van der Waals surface area contributed by atoms with E-state index in [0.29, 0.717) is 15.9 Å². The average Bonchev–Trinajstić information content (AvgIpc) is 3.11. The number of ether oxygens (including phenoxy) is 1. The van der Waals surface area contributed by atoms with Crippen molar-refractivity contribution in [1.29, 1.82) is 0 Å². The van der Waals surface area contributed by atoms with Crippen LogP contribution in [0.2, 0.25) is 5.02 Å². The number of halogens is 1. The minimum Gasteiger partial charge on any atom is -0.505 e. The summed E-state index contributed by atoms with van der Waals surface area (Å²) >= 11 is 6.15. The molecule has 0 aliphatic heterocycles. The van der Waals surface area contributed by atoms with E-state index in [4.69, 9.17) is 16.3 Å². The molecule has 0 amide bonds. The molecule has 2 heterocycles. The number of esters is 1. The van der Waals surface area contributed by atoms with E-state index < -0.39 is 5.97 Å². The van der Waals surface area contributed by atoms with Crippen LogP contribution in [-0.4, -0.2) is 27.3 Å². The van der Waals surface area contributed by atoms with Gasteiger partial charge in [0.2, 0.25) is 0 Å². The Morgan fingerprint density at radius 2 is 2.04 bits per heavy atom. The van der Waals surface area contributed by atoms with Crippen LogP contribution >= 0.6 is 11.6 Å². The summed E-state index contributed by atoms with van der Waals surface area (Å²) in [5.74, 6) is -0.771. The number of nitrogens with zero attached hydrogens (tertiary/aromatic N) is 2. The molecule has 2 aromatic heterocycles. The zero-order valence-electron chi connectivity index (χ0n) is 13.9. The summed E-state index contributed by atoms with van der Waals surface area (Å²) in [7, 11) is 0. The first-order valence-corrected chi connectivity index (χ1v) is 8.54. The fraction of sp³-hybridized carbons (Fsp3) is 0.100. The Kier molecular flexibility index (Phi) is 4.01. The highest BCUT2D eigenvalue weighted by molar-refractivity contribution is 6.31. The summed E-state index contributed by atoms with van der Waals surface area (Å²) in [5.41, 5.74) is 2.52. The van der Waals surface area contributed by atoms with Crippen LogP contribution in [0.3, 0.4) is 0 Å². The molecule has 2 aromatic carbocycles. The predicted octanol–water partition coefficient (Wildman–Crippen LogP) is 4.69. The van der Waals surface area contributed by atoms with Crippen LogP contribution in [0.1, 0.15) is 17.4 Å². The number of aromatic hydroxyl groups is 1. The van der Waals surface area contributed by atoms with Crippen LogP contribution in [-0.2, 0) is 4.74 Å². The Hall–Kier alpha value is -3.05. The summed E-state index contributed by atoms with van der Waals surface area (Å²) in [4.78, 5) is 12.4. The third kappa shape index (κ3) is 2.48. The molecule has 4 aromatic rings. The van der Waals surface area contributed by atoms with E-state index in [9.17, 15) is 9.90 Å². The largest absolute Gasteiger partial charge is 0.505 e. The summed E-state index contributed by atoms with van der Waals surface area (Å²) in [6, 6.07) is 14.8. The van der Waals surface area contributed by atoms with Gasteiger partial charge in [-0.3, -0.25) is 0 Å². The molecule has 0 unspecified atom stereocenters. The second kappa shape index (κ2) is 6.35. The van der Waals surface area contributed by atoms with Gasteiger partial charge in [-0.2, -0.15) is 5.10 Å². The van der Waals surface area contributed by atoms with Crippen LogP contribution in [0, 0.1) is 0 Å². The molecule has 26 heavy (non-hydrogen) atoms. The van der Waals surface area contributed by atoms with Crippen LogP contribution in [0.4, 0.5) is 0 Å². The second-order valence-electron chi connectivity index (χ2n) is 5.78. The fourth-order valence-electron chi connectivity index (χ4n) is 3.20. The van der Waals surface area contributed by atoms with Crippen molar-refractivity contribution in [3.8, 4) is 16.9 Å². The molecule has 130 valence electrons. The number of hydrogen-bond donors (Lipinski definition) is 1. The summed E-state index contributed by atoms with van der Waals surface area (Å²) in [6.07, 6.45) is 1.59. The minimum absolute atomic E-state index is 0.0163. The maximum absolute atomic E-state index is 12.4. The van der Waals surface area contributed by atoms with Crippen molar-refractivity contribution in [1.82, 2.24) is 9.61 Å². The van der Waals surface area contributed by atoms with Gasteiger partial charge in [0.05, 0.1) is 18.3 Å². The topological polar surface area (TPSA) is 63.8 Å². The second-order valence-corrected chi connectivity index (χ2v) is 6.22. The van der Waals surface area contributed by atoms with Gasteiger partial charge in [-0.25, -0.2) is 9.31 Å². The highest BCUT2D eigenvalue weighted by Gasteiger charge is 2.23. The monoisotopic (exact) mass is 366 g/mol. The molecule has 0 atom stereocenters. The number of fused-ring (bicyclic) bond motifs is 3. The summed E-state index contributed by atoms with van der Waals surface area (Å²) in [5, 5.41) is 17.0. The number of carbonyl (C=O) groups is 1. The normalized spacial score (nSPS) is 11.2. The van der Waals surface area contributed by atoms with Crippen molar-refractivity contribution >= 4 is 33.9 Å². The van der Waals surface area contributed by atoms with Crippen LogP contribution in [0.25, 0.3) is 27.4 Å². The van der Waals surface area contributed by atoms with Gasteiger partial charge >= 0.3 is 5.97 Å². The van der Waals surface area contributed by atoms with Gasteiger partial charge in [-0.05, 0) is 36.2 Å². The van der Waals surface area contributed by atoms with E-state index >= 15 is 0 Å². The van der Waals surface area contributed by atoms with Crippen molar-refractivity contribution in [2.24, 2.45) is 0 Å². The lowest BCUT2D eigenvalue weighted by atomic mass is 9.97. The van der Waals surface area contributed by atoms with Gasteiger partial charge in [-0.1, -0.05) is 41.9 Å². The van der Waals surface area contributed by atoms with E-state index in [0.717, 1.165) is 16.5 Å². The van der Waals surface area contributed by atoms with Crippen molar-refractivity contribution in [3.63, 3.8) is 0 Å². The van der Waals surface area contributed by atoms with Crippen LogP contribution in [0.5, 0.6) is 5.75 Å². The van der Waals surface area contributed by atoms with Crippen molar-refractivity contribution < 1.29 is 14.6 Å². The Bertz CT molecular complexity index is 1150. The Morgan fingerprint density at radius 3 is 2.81 bits per heavy atom. The van der Waals surface area contributed by atoms with Gasteiger partial charge in [0.1, 0.15) is 0 Å². The first kappa shape index (κ1) is 16.4. The maximum Gasteiger partial charge on any atom is 0.360 e. The smallest absolute Gasteiger partial charge is 0.360 e. The van der Waals surface area contributed by atoms with Crippen LogP contribution in [0.15, 0.2) is 54.7 Å². The highest BCUT2D eigenvalue weighted by atomic mass is 35.5. The molecular formula is C20H15ClN2O3. The SMILES string of the molecule is CCOC(=O)c1c(O)c2cccc(-c3cccc(Cl)c3)c2c2ccnn12. The standard InChI is InChI=1S/C20H15ClN2O3/c1-2-26-20(25)18-19(24)15-8-4-7-14(12-5-3-6-13(21)11-12)17(15)16-9-10-22-23(16)18/h3-11,24H,2H2,1H3. The van der Waals surface area contributed by atoms with E-state index in [1.807, 2.05) is 30.3 Å². The van der Waals surface area contributed by atoms with E-state index in [1.54, 1.807) is 31.3 Å². The highest BCUT2D eigenvalue weighted by Crippen LogP contribution is 2.38. The van der Waals surface area contributed by atoms with Crippen LogP contribution < -0.4 is 0 Å². The summed E-state index contributed by atoms with van der Waals surface area (Å²) < 4.78 is 6.51. The Balaban J connectivity index is 2.12. The summed E-state index contributed by atoms with van der Waals surface area (Å²) in [6.45, 7) is 1.93. The van der Waals surface area contributed by atoms with E-state index in [2.05, 4.69) is 5.10 Å². The molecule has 0 fully saturated rings. The molecule has 0 aliphatic carbocycles. The molecule has 4 rings (SSSR count). The predicted molar refractivity (Wildman–Crippen MR) is 101 cm³/mol. The number of rotatable bonds is 3. The van der Waals surface area contributed by atoms with Crippen molar-refractivity contribution in [2.45, 2.75) is 6.92 Å². The Morgan fingerprint density at radius 1 is 1.23 bits per heavy atom. The lowest BCUT2D eigenvalue weighted by Crippen LogP contribution is -2.12. The van der Waals surface area contributed by atoms with E-state index in [1.165, 1.54) is 4.52 Å². The molecule has 0 bridgehead atoms. The third-order valence-electron chi connectivity index (χ3n) is 4.26. The quantitative estimate of drug-likeness (QED) is 0.534. The lowest BCUT2D eigenvalue weighted by molar-refractivity contribution is 0.0513. The average molecular weight is 367 g/mol. The van der Waals surface area contributed by atoms with Gasteiger partial charge in [0.25, 0.3) is 0 Å². The number of hydrogen-bond acceptors (Lipinski definition) is 4. The van der Waals surface area contributed by atoms with Gasteiger partial charge in [0, 0.05) is 15.8 Å². The zero-order chi connectivity index (χ0) is 18.3. The number of aromatic nitrogens is 2. The minimum atomic E-state index is -0.617. The molecule has 0 aliphatic rings. The molecule has 0 radical (unpaired) electrons. The maximum atomic E-state index is 12.4. The Labute approximate surface area is 154 Å². The molecule has 1 N–H and O–H groups in total. The fourth-order valence-corrected chi connectivity index (χ4v) is 3.39. The lowest BCUT2D eigenvalue weighted by Gasteiger charge is -2.14. The molecule has 0 spiro atoms. The molecule has 0 saturated heterocycles. The molecular weight excluding hydrogens is 352 g/mol. The van der Waals surface area contributed by atoms with Gasteiger partial charge in [0.15, 0.2) is 11.4 Å². The first-order chi connectivity index (χ1) is 12.6. The zero-order valence-corrected chi connectivity index (χ0v) is 14.7. The van der Waals surface area contributed by atoms with Gasteiger partial charge < -0.3 is 9.84 Å². The number of pyridine rings is 1. The molecule has 6 heteroatoms. The molecule has 5 nitrogen and oxygen atoms in total. The van der Waals surface area contributed by atoms with Crippen molar-refractivity contribution in [2.75, 3.05) is 6.61 Å². The molecule has 0 saturated carbocycles. The third-order valence-corrected chi connectivity index (χ3v) is 4.49. The van der Waals surface area contributed by atoms with E-state index in [-0.39, 0.29) is 18.1 Å². The number of carbonyl (C=O) groups excluding carboxylic acids is 1.